The smallest absolute Gasteiger partial charge is 0.386 e. The molecule has 6 heterocycles. The summed E-state index contributed by atoms with van der Waals surface area (Å²) >= 11 is 2.96. The molecule has 4 N–H and O–H groups in total. The van der Waals surface area contributed by atoms with Gasteiger partial charge in [-0.25, -0.2) is 34.3 Å². The number of aromatic nitrogens is 10. The Kier molecular flexibility index (Phi) is 12.9. The van der Waals surface area contributed by atoms with E-state index in [0.29, 0.717) is 39.9 Å². The largest absolute Gasteiger partial charge is 1.00 e. The molecule has 14 nitrogen and oxygen atoms in total. The molecule has 2 aliphatic carbocycles. The minimum atomic E-state index is -0.0815. The van der Waals surface area contributed by atoms with Gasteiger partial charge in [-0.05, 0) is 43.3 Å². The van der Waals surface area contributed by atoms with Crippen LogP contribution < -0.4 is 30.3 Å². The van der Waals surface area contributed by atoms with Gasteiger partial charge in [0.25, 0.3) is 0 Å². The van der Waals surface area contributed by atoms with E-state index in [1.54, 1.807) is 23.5 Å². The molecule has 0 bridgehead atoms. The van der Waals surface area contributed by atoms with Gasteiger partial charge in [0.1, 0.15) is 42.0 Å². The van der Waals surface area contributed by atoms with E-state index in [4.69, 9.17) is 21.7 Å². The summed E-state index contributed by atoms with van der Waals surface area (Å²) < 4.78 is 6.23. The summed E-state index contributed by atoms with van der Waals surface area (Å²) in [5.74, 6) is 0.777. The monoisotopic (exact) mass is 888 g/mol. The molecule has 0 amide bonds. The van der Waals surface area contributed by atoms with Crippen LogP contribution in [0.3, 0.4) is 0 Å². The predicted octanol–water partition coefficient (Wildman–Crippen LogP) is 7.13. The number of hydrogen-bond donors (Lipinski definition) is 2. The third kappa shape index (κ3) is 8.78. The second-order valence-corrected chi connectivity index (χ2v) is 17.6. The molecule has 0 unspecified atom stereocenters. The zero-order valence-electron chi connectivity index (χ0n) is 35.5. The second kappa shape index (κ2) is 19.2. The number of ketones is 1. The first-order chi connectivity index (χ1) is 31.4. The average molecular weight is 889 g/mol. The molecule has 10 aromatic rings. The van der Waals surface area contributed by atoms with Crippen LogP contribution in [0.1, 0.15) is 89.2 Å². The standard InChI is InChI=1S/C24H20N6OS.C17H17N5O.C7H4NS.Li/c25-22-19-20(29-30(16-5-1-2-6-16)23(19)27-13-26-22)14-9-11-15(12-10-14)21(31)24-28-17-7-3-4-8-18(17)32-24;18-16-14-15(12-7-5-11(9-23)6-8-12)21-22(13-3-1-2-4-13)17(14)20-10-19-16;1-2-4-7-6(3-1)8-5-9-7;/h3-4,7-13,16H,1-2,5-6H2,(H2,25,26,27);5-10,13H,1-4H2,(H2,18,19,20);1-4H;/q;;-1;+1. The number of fused-ring (bicyclic) bond motifs is 4. The van der Waals surface area contributed by atoms with Crippen molar-refractivity contribution in [3.05, 3.63) is 131 Å². The van der Waals surface area contributed by atoms with E-state index >= 15 is 0 Å². The van der Waals surface area contributed by atoms with Crippen LogP contribution in [0.5, 0.6) is 0 Å². The number of thiazole rings is 2. The number of aldehydes is 1. The first-order valence-corrected chi connectivity index (χ1v) is 22.8. The third-order valence-electron chi connectivity index (χ3n) is 11.8. The predicted molar refractivity (Wildman–Crippen MR) is 252 cm³/mol. The number of para-hydroxylation sites is 2. The maximum Gasteiger partial charge on any atom is 1.00 e. The maximum absolute atomic E-state index is 13.0. The summed E-state index contributed by atoms with van der Waals surface area (Å²) in [5, 5.41) is 11.8. The summed E-state index contributed by atoms with van der Waals surface area (Å²) in [6.07, 6.45) is 13.1. The van der Waals surface area contributed by atoms with Gasteiger partial charge in [0, 0.05) is 22.3 Å². The Morgan fingerprint density at radius 2 is 1.15 bits per heavy atom. The first kappa shape index (κ1) is 43.5. The van der Waals surface area contributed by atoms with E-state index in [-0.39, 0.29) is 24.6 Å². The third-order valence-corrected chi connectivity index (χ3v) is 13.6. The van der Waals surface area contributed by atoms with Crippen LogP contribution in [-0.4, -0.2) is 61.5 Å². The Balaban J connectivity index is 0.000000140. The van der Waals surface area contributed by atoms with Crippen molar-refractivity contribution in [2.45, 2.75) is 63.5 Å². The number of anilines is 2. The van der Waals surface area contributed by atoms with Gasteiger partial charge in [0.05, 0.1) is 33.1 Å². The first-order valence-electron chi connectivity index (χ1n) is 21.2. The normalized spacial score (nSPS) is 14.0. The molecule has 2 saturated carbocycles. The summed E-state index contributed by atoms with van der Waals surface area (Å²) in [6, 6.07) is 31.3. The molecular formula is C48H41LiN12O2S2. The molecule has 0 atom stereocenters. The van der Waals surface area contributed by atoms with Crippen LogP contribution in [0, 0.1) is 5.51 Å². The summed E-state index contributed by atoms with van der Waals surface area (Å²) in [6.45, 7) is 0. The van der Waals surface area contributed by atoms with Gasteiger partial charge in [-0.3, -0.25) is 20.9 Å². The number of carbonyl (C=O) groups excluding carboxylic acids is 2. The Hall–Kier alpha value is -6.70. The van der Waals surface area contributed by atoms with Gasteiger partial charge < -0.3 is 16.5 Å². The zero-order chi connectivity index (χ0) is 43.6. The maximum atomic E-state index is 13.0. The number of benzene rings is 4. The minimum absolute atomic E-state index is 0. The van der Waals surface area contributed by atoms with Crippen molar-refractivity contribution in [2.75, 3.05) is 11.5 Å². The molecule has 6 aromatic heterocycles. The number of nitrogens with two attached hydrogens (primary N) is 2. The molecule has 2 aliphatic rings. The fourth-order valence-corrected chi connectivity index (χ4v) is 10.1. The van der Waals surface area contributed by atoms with Crippen LogP contribution in [0.2, 0.25) is 0 Å². The molecular weight excluding hydrogens is 848 g/mol. The number of carbonyl (C=O) groups is 2. The molecule has 12 rings (SSSR count). The molecule has 4 aromatic carbocycles. The molecule has 318 valence electrons. The van der Waals surface area contributed by atoms with E-state index in [0.717, 1.165) is 92.3 Å². The quantitative estimate of drug-likeness (QED) is 0.0711. The van der Waals surface area contributed by atoms with E-state index in [1.807, 2.05) is 94.3 Å². The number of hydrogen-bond acceptors (Lipinski definition) is 14. The Morgan fingerprint density at radius 3 is 1.68 bits per heavy atom. The van der Waals surface area contributed by atoms with Crippen molar-refractivity contribution in [1.82, 2.24) is 49.5 Å². The Morgan fingerprint density at radius 1 is 0.646 bits per heavy atom. The van der Waals surface area contributed by atoms with E-state index < -0.39 is 0 Å². The molecule has 0 saturated heterocycles. The van der Waals surface area contributed by atoms with Crippen LogP contribution >= 0.6 is 22.7 Å². The topological polar surface area (TPSA) is 199 Å². The zero-order valence-corrected chi connectivity index (χ0v) is 37.2. The molecule has 0 spiro atoms. The fraction of sp³-hybridized carbons (Fsp3) is 0.208. The molecule has 0 radical (unpaired) electrons. The van der Waals surface area contributed by atoms with Crippen molar-refractivity contribution in [1.29, 1.82) is 0 Å². The van der Waals surface area contributed by atoms with E-state index in [1.165, 1.54) is 54.4 Å². The van der Waals surface area contributed by atoms with Crippen molar-refractivity contribution in [3.8, 4) is 22.5 Å². The van der Waals surface area contributed by atoms with Crippen molar-refractivity contribution < 1.29 is 28.4 Å². The second-order valence-electron chi connectivity index (χ2n) is 15.8. The molecule has 17 heteroatoms. The van der Waals surface area contributed by atoms with E-state index in [9.17, 15) is 9.59 Å². The van der Waals surface area contributed by atoms with Crippen LogP contribution in [0.4, 0.5) is 11.6 Å². The van der Waals surface area contributed by atoms with Crippen LogP contribution in [-0.2, 0) is 0 Å². The average Bonchev–Trinajstić information content (AvgIpc) is 4.20. The summed E-state index contributed by atoms with van der Waals surface area (Å²) in [7, 11) is 0. The van der Waals surface area contributed by atoms with Crippen molar-refractivity contribution in [2.24, 2.45) is 0 Å². The van der Waals surface area contributed by atoms with Crippen molar-refractivity contribution >= 4 is 88.9 Å². The summed E-state index contributed by atoms with van der Waals surface area (Å²) in [4.78, 5) is 49.6. The van der Waals surface area contributed by atoms with Gasteiger partial charge in [0.2, 0.25) is 5.78 Å². The Bertz CT molecular complexity index is 3220. The van der Waals surface area contributed by atoms with Crippen LogP contribution in [0.25, 0.3) is 65.0 Å². The van der Waals surface area contributed by atoms with Crippen molar-refractivity contribution in [3.63, 3.8) is 0 Å². The van der Waals surface area contributed by atoms with Crippen LogP contribution in [0.15, 0.2) is 110 Å². The summed E-state index contributed by atoms with van der Waals surface area (Å²) in [5.41, 5.74) is 23.2. The van der Waals surface area contributed by atoms with Gasteiger partial charge in [-0.1, -0.05) is 104 Å². The minimum Gasteiger partial charge on any atom is -0.386 e. The molecule has 65 heavy (non-hydrogen) atoms. The van der Waals surface area contributed by atoms with Gasteiger partial charge >= 0.3 is 18.9 Å². The SMILES string of the molecule is Nc1ncnc2c1c(-c1ccc(C(=O)c3nc4ccccc4s3)cc1)nn2C1CCCC1.Nc1ncnc2c1c(-c1ccc(C=O)cc1)nn2C1CCCC1.[Li+].[c-]1nc2ccccc2s1. The molecule has 0 aliphatic heterocycles. The van der Waals surface area contributed by atoms with Gasteiger partial charge in [-0.2, -0.15) is 10.2 Å². The number of nitrogen functional groups attached to an aromatic ring is 2. The van der Waals surface area contributed by atoms with E-state index in [2.05, 4.69) is 35.4 Å². The molecule has 2 fully saturated rings. The Labute approximate surface area is 393 Å². The number of nitrogens with zero attached hydrogens (tertiary/aromatic N) is 10. The van der Waals surface area contributed by atoms with Gasteiger partial charge in [-0.15, -0.1) is 28.2 Å². The fourth-order valence-electron chi connectivity index (χ4n) is 8.55. The number of rotatable bonds is 7. The van der Waals surface area contributed by atoms with Gasteiger partial charge in [0.15, 0.2) is 16.3 Å².